The fraction of sp³-hybridized carbons (Fsp3) is 0.524. The van der Waals surface area contributed by atoms with Crippen LogP contribution in [0.3, 0.4) is 0 Å². The SMILES string of the molecule is Cc1nn(Cc2c(F)cccc2Cl)c(C)c1NC(=O)CC1CC2CCC1C2. The number of carbonyl (C=O) groups excluding carboxylic acids is 1. The smallest absolute Gasteiger partial charge is 0.224 e. The first-order valence-electron chi connectivity index (χ1n) is 9.69. The van der Waals surface area contributed by atoms with Gasteiger partial charge < -0.3 is 5.32 Å². The summed E-state index contributed by atoms with van der Waals surface area (Å²) in [7, 11) is 0. The molecule has 2 aromatic rings. The molecule has 1 aromatic heterocycles. The van der Waals surface area contributed by atoms with E-state index in [0.717, 1.165) is 28.9 Å². The average Bonchev–Trinajstić information content (AvgIpc) is 3.30. The second-order valence-corrected chi connectivity index (χ2v) is 8.50. The van der Waals surface area contributed by atoms with E-state index in [0.29, 0.717) is 22.9 Å². The van der Waals surface area contributed by atoms with Crippen molar-refractivity contribution in [3.63, 3.8) is 0 Å². The zero-order valence-corrected chi connectivity index (χ0v) is 16.5. The van der Waals surface area contributed by atoms with Crippen LogP contribution < -0.4 is 5.32 Å². The number of hydrogen-bond acceptors (Lipinski definition) is 2. The van der Waals surface area contributed by atoms with Crippen LogP contribution in [0.4, 0.5) is 10.1 Å². The molecule has 2 fully saturated rings. The average molecular weight is 390 g/mol. The number of anilines is 1. The Kier molecular flexibility index (Phi) is 4.97. The summed E-state index contributed by atoms with van der Waals surface area (Å²) >= 11 is 6.14. The van der Waals surface area contributed by atoms with Crippen LogP contribution in [0.1, 0.15) is 49.1 Å². The number of carbonyl (C=O) groups is 1. The number of benzene rings is 1. The van der Waals surface area contributed by atoms with Gasteiger partial charge in [0.1, 0.15) is 5.82 Å². The van der Waals surface area contributed by atoms with Crippen LogP contribution in [-0.4, -0.2) is 15.7 Å². The van der Waals surface area contributed by atoms with E-state index in [-0.39, 0.29) is 18.3 Å². The summed E-state index contributed by atoms with van der Waals surface area (Å²) in [5.74, 6) is 1.80. The first kappa shape index (κ1) is 18.5. The van der Waals surface area contributed by atoms with Crippen molar-refractivity contribution in [3.05, 3.63) is 46.0 Å². The van der Waals surface area contributed by atoms with Gasteiger partial charge in [-0.25, -0.2) is 4.39 Å². The minimum atomic E-state index is -0.350. The van der Waals surface area contributed by atoms with Crippen molar-refractivity contribution in [3.8, 4) is 0 Å². The lowest BCUT2D eigenvalue weighted by Gasteiger charge is -2.21. The highest BCUT2D eigenvalue weighted by Gasteiger charge is 2.40. The molecule has 2 saturated carbocycles. The van der Waals surface area contributed by atoms with Crippen LogP contribution >= 0.6 is 11.6 Å². The highest BCUT2D eigenvalue weighted by molar-refractivity contribution is 6.31. The quantitative estimate of drug-likeness (QED) is 0.772. The lowest BCUT2D eigenvalue weighted by Crippen LogP contribution is -2.20. The van der Waals surface area contributed by atoms with Gasteiger partial charge in [0, 0.05) is 17.0 Å². The molecule has 0 spiro atoms. The van der Waals surface area contributed by atoms with E-state index < -0.39 is 0 Å². The number of fused-ring (bicyclic) bond motifs is 2. The number of aryl methyl sites for hydroxylation is 1. The number of hydrogen-bond donors (Lipinski definition) is 1. The highest BCUT2D eigenvalue weighted by Crippen LogP contribution is 2.49. The summed E-state index contributed by atoms with van der Waals surface area (Å²) in [6, 6.07) is 4.65. The van der Waals surface area contributed by atoms with Crippen molar-refractivity contribution in [1.82, 2.24) is 9.78 Å². The molecule has 4 rings (SSSR count). The van der Waals surface area contributed by atoms with Crippen molar-refractivity contribution in [2.75, 3.05) is 5.32 Å². The molecule has 0 aliphatic heterocycles. The van der Waals surface area contributed by atoms with Crippen molar-refractivity contribution in [2.45, 2.75) is 52.5 Å². The van der Waals surface area contributed by atoms with Crippen molar-refractivity contribution in [2.24, 2.45) is 17.8 Å². The molecule has 2 aliphatic rings. The number of nitrogens with one attached hydrogen (secondary N) is 1. The molecular weight excluding hydrogens is 365 g/mol. The third kappa shape index (κ3) is 3.62. The monoisotopic (exact) mass is 389 g/mol. The van der Waals surface area contributed by atoms with Crippen LogP contribution in [0.25, 0.3) is 0 Å². The molecule has 2 bridgehead atoms. The van der Waals surface area contributed by atoms with Crippen LogP contribution in [0.5, 0.6) is 0 Å². The van der Waals surface area contributed by atoms with Gasteiger partial charge in [-0.1, -0.05) is 24.1 Å². The molecule has 144 valence electrons. The predicted octanol–water partition coefficient (Wildman–Crippen LogP) is 5.11. The molecule has 2 aliphatic carbocycles. The Morgan fingerprint density at radius 1 is 1.33 bits per heavy atom. The van der Waals surface area contributed by atoms with E-state index in [1.807, 2.05) is 13.8 Å². The number of halogens is 2. The van der Waals surface area contributed by atoms with Gasteiger partial charge in [0.2, 0.25) is 5.91 Å². The fourth-order valence-corrected chi connectivity index (χ4v) is 5.14. The van der Waals surface area contributed by atoms with Crippen LogP contribution in [0.2, 0.25) is 5.02 Å². The molecule has 1 heterocycles. The molecule has 4 nitrogen and oxygen atoms in total. The molecule has 0 saturated heterocycles. The van der Waals surface area contributed by atoms with Gasteiger partial charge in [0.05, 0.1) is 23.6 Å². The molecule has 1 N–H and O–H groups in total. The molecule has 1 aromatic carbocycles. The second-order valence-electron chi connectivity index (χ2n) is 8.09. The molecule has 3 unspecified atom stereocenters. The maximum absolute atomic E-state index is 14.1. The van der Waals surface area contributed by atoms with E-state index in [1.54, 1.807) is 16.8 Å². The summed E-state index contributed by atoms with van der Waals surface area (Å²) < 4.78 is 15.8. The Labute approximate surface area is 164 Å². The largest absolute Gasteiger partial charge is 0.323 e. The summed E-state index contributed by atoms with van der Waals surface area (Å²) in [5, 5.41) is 7.92. The molecule has 27 heavy (non-hydrogen) atoms. The molecule has 3 atom stereocenters. The van der Waals surface area contributed by atoms with Crippen LogP contribution in [0, 0.1) is 37.4 Å². The minimum Gasteiger partial charge on any atom is -0.323 e. The molecule has 1 amide bonds. The topological polar surface area (TPSA) is 46.9 Å². The van der Waals surface area contributed by atoms with Crippen LogP contribution in [0.15, 0.2) is 18.2 Å². The van der Waals surface area contributed by atoms with Gasteiger partial charge in [-0.05, 0) is 63.0 Å². The normalized spacial score (nSPS) is 23.8. The fourth-order valence-electron chi connectivity index (χ4n) is 4.92. The standard InChI is InChI=1S/C21H25ClFN3O/c1-12-21(24-20(27)10-16-9-14-6-7-15(16)8-14)13(2)26(25-12)11-17-18(22)4-3-5-19(17)23/h3-5,14-16H,6-11H2,1-2H3,(H,24,27). The molecule has 6 heteroatoms. The molecular formula is C21H25ClFN3O. The lowest BCUT2D eigenvalue weighted by molar-refractivity contribution is -0.117. The number of aromatic nitrogens is 2. The van der Waals surface area contributed by atoms with Gasteiger partial charge >= 0.3 is 0 Å². The van der Waals surface area contributed by atoms with Crippen molar-refractivity contribution >= 4 is 23.2 Å². The van der Waals surface area contributed by atoms with E-state index in [2.05, 4.69) is 10.4 Å². The lowest BCUT2D eigenvalue weighted by atomic mass is 9.86. The zero-order chi connectivity index (χ0) is 19.1. The predicted molar refractivity (Wildman–Crippen MR) is 104 cm³/mol. The van der Waals surface area contributed by atoms with Crippen molar-refractivity contribution < 1.29 is 9.18 Å². The maximum Gasteiger partial charge on any atom is 0.224 e. The highest BCUT2D eigenvalue weighted by atomic mass is 35.5. The number of amides is 1. The molecule has 0 radical (unpaired) electrons. The summed E-state index contributed by atoms with van der Waals surface area (Å²) in [6.07, 6.45) is 5.71. The van der Waals surface area contributed by atoms with E-state index in [9.17, 15) is 9.18 Å². The minimum absolute atomic E-state index is 0.0576. The summed E-state index contributed by atoms with van der Waals surface area (Å²) in [4.78, 5) is 12.6. The second kappa shape index (κ2) is 7.27. The third-order valence-corrected chi connectivity index (χ3v) is 6.70. The summed E-state index contributed by atoms with van der Waals surface area (Å²) in [5.41, 5.74) is 2.69. The summed E-state index contributed by atoms with van der Waals surface area (Å²) in [6.45, 7) is 3.99. The van der Waals surface area contributed by atoms with E-state index in [1.165, 1.54) is 31.7 Å². The first-order valence-corrected chi connectivity index (χ1v) is 10.1. The Balaban J connectivity index is 1.47. The Morgan fingerprint density at radius 3 is 2.81 bits per heavy atom. The van der Waals surface area contributed by atoms with E-state index in [4.69, 9.17) is 11.6 Å². The van der Waals surface area contributed by atoms with Gasteiger partial charge in [-0.15, -0.1) is 0 Å². The maximum atomic E-state index is 14.1. The Hall–Kier alpha value is -1.88. The zero-order valence-electron chi connectivity index (χ0n) is 15.8. The Bertz CT molecular complexity index is 858. The van der Waals surface area contributed by atoms with Crippen LogP contribution in [-0.2, 0) is 11.3 Å². The van der Waals surface area contributed by atoms with Gasteiger partial charge in [0.25, 0.3) is 0 Å². The first-order chi connectivity index (χ1) is 12.9. The van der Waals surface area contributed by atoms with Gasteiger partial charge in [-0.3, -0.25) is 9.48 Å². The van der Waals surface area contributed by atoms with E-state index >= 15 is 0 Å². The van der Waals surface area contributed by atoms with Gasteiger partial charge in [0.15, 0.2) is 0 Å². The Morgan fingerprint density at radius 2 is 2.15 bits per heavy atom. The van der Waals surface area contributed by atoms with Gasteiger partial charge in [-0.2, -0.15) is 5.10 Å². The number of rotatable bonds is 5. The number of nitrogens with zero attached hydrogens (tertiary/aromatic N) is 2. The van der Waals surface area contributed by atoms with Crippen molar-refractivity contribution in [1.29, 1.82) is 0 Å². The third-order valence-electron chi connectivity index (χ3n) is 6.35.